The van der Waals surface area contributed by atoms with Crippen molar-refractivity contribution in [2.45, 2.75) is 13.3 Å². The molecule has 1 rings (SSSR count). The Morgan fingerprint density at radius 1 is 1.35 bits per heavy atom. The van der Waals surface area contributed by atoms with Crippen LogP contribution in [0.4, 0.5) is 4.39 Å². The van der Waals surface area contributed by atoms with E-state index in [4.69, 9.17) is 11.2 Å². The Labute approximate surface area is 119 Å². The number of ether oxygens (including phenoxy) is 1. The highest BCUT2D eigenvalue weighted by Crippen LogP contribution is 2.10. The van der Waals surface area contributed by atoms with Gasteiger partial charge in [0, 0.05) is 19.5 Å². The summed E-state index contributed by atoms with van der Waals surface area (Å²) in [5.41, 5.74) is 0. The lowest BCUT2D eigenvalue weighted by Gasteiger charge is -2.09. The summed E-state index contributed by atoms with van der Waals surface area (Å²) in [6, 6.07) is 5.97. The maximum Gasteiger partial charge on any atom is 0.192 e. The van der Waals surface area contributed by atoms with Gasteiger partial charge in [-0.05, 0) is 31.2 Å². The molecule has 0 unspecified atom stereocenters. The molecule has 1 aromatic carbocycles. The normalized spacial score (nSPS) is 10.8. The molecule has 0 fully saturated rings. The molecule has 0 saturated heterocycles. The topological polar surface area (TPSA) is 45.7 Å². The molecule has 0 aliphatic carbocycles. The van der Waals surface area contributed by atoms with E-state index >= 15 is 0 Å². The molecule has 0 aromatic heterocycles. The van der Waals surface area contributed by atoms with Gasteiger partial charge in [0.05, 0.1) is 13.2 Å². The largest absolute Gasteiger partial charge is 0.494 e. The van der Waals surface area contributed by atoms with Crippen LogP contribution in [0.25, 0.3) is 0 Å². The Morgan fingerprint density at radius 3 is 2.75 bits per heavy atom. The second kappa shape index (κ2) is 9.68. The molecule has 5 heteroatoms. The number of benzene rings is 1. The van der Waals surface area contributed by atoms with E-state index in [0.29, 0.717) is 31.4 Å². The number of guanidine groups is 1. The average molecular weight is 277 g/mol. The van der Waals surface area contributed by atoms with Crippen molar-refractivity contribution in [1.82, 2.24) is 10.6 Å². The number of hydrogen-bond donors (Lipinski definition) is 2. The zero-order valence-corrected chi connectivity index (χ0v) is 11.7. The minimum atomic E-state index is -0.267. The van der Waals surface area contributed by atoms with Gasteiger partial charge in [0.1, 0.15) is 11.6 Å². The van der Waals surface area contributed by atoms with Crippen LogP contribution in [-0.2, 0) is 0 Å². The minimum Gasteiger partial charge on any atom is -0.494 e. The van der Waals surface area contributed by atoms with Crippen molar-refractivity contribution >= 4 is 5.96 Å². The lowest BCUT2D eigenvalue weighted by Crippen LogP contribution is -2.37. The Balaban J connectivity index is 2.24. The molecule has 1 aromatic rings. The monoisotopic (exact) mass is 277 g/mol. The molecule has 0 saturated carbocycles. The summed E-state index contributed by atoms with van der Waals surface area (Å²) in [5.74, 6) is 3.59. The van der Waals surface area contributed by atoms with Gasteiger partial charge in [0.2, 0.25) is 0 Å². The maximum atomic E-state index is 12.7. The second-order valence-corrected chi connectivity index (χ2v) is 3.97. The molecule has 2 N–H and O–H groups in total. The van der Waals surface area contributed by atoms with Gasteiger partial charge in [0.15, 0.2) is 5.96 Å². The summed E-state index contributed by atoms with van der Waals surface area (Å²) in [6.45, 7) is 4.37. The van der Waals surface area contributed by atoms with Crippen LogP contribution < -0.4 is 15.4 Å². The molecule has 20 heavy (non-hydrogen) atoms. The predicted octanol–water partition coefficient (Wildman–Crippen LogP) is 1.78. The van der Waals surface area contributed by atoms with Crippen molar-refractivity contribution in [1.29, 1.82) is 0 Å². The minimum absolute atomic E-state index is 0.267. The predicted molar refractivity (Wildman–Crippen MR) is 79.3 cm³/mol. The van der Waals surface area contributed by atoms with Crippen LogP contribution >= 0.6 is 0 Å². The Bertz CT molecular complexity index is 451. The van der Waals surface area contributed by atoms with E-state index in [0.717, 1.165) is 13.0 Å². The summed E-state index contributed by atoms with van der Waals surface area (Å²) in [6.07, 6.45) is 5.95. The molecule has 0 spiro atoms. The van der Waals surface area contributed by atoms with Gasteiger partial charge in [-0.1, -0.05) is 5.92 Å². The fraction of sp³-hybridized carbons (Fsp3) is 0.400. The van der Waals surface area contributed by atoms with Gasteiger partial charge in [0.25, 0.3) is 0 Å². The third-order valence-electron chi connectivity index (χ3n) is 2.36. The molecular formula is C15H20FN3O. The Hall–Kier alpha value is -2.22. The van der Waals surface area contributed by atoms with Crippen LogP contribution in [0, 0.1) is 18.2 Å². The van der Waals surface area contributed by atoms with Crippen LogP contribution in [0.5, 0.6) is 5.75 Å². The van der Waals surface area contributed by atoms with Crippen molar-refractivity contribution < 1.29 is 9.13 Å². The standard InChI is InChI=1S/C15H20FN3O/c1-3-10-18-15(17-4-2)19-11-5-12-20-14-8-6-13(16)7-9-14/h1,6-9H,4-5,10-12H2,2H3,(H2,17,18,19). The first-order chi connectivity index (χ1) is 9.76. The summed E-state index contributed by atoms with van der Waals surface area (Å²) in [7, 11) is 0. The van der Waals surface area contributed by atoms with E-state index in [1.54, 1.807) is 12.1 Å². The Kier molecular flexibility index (Phi) is 7.66. The van der Waals surface area contributed by atoms with Crippen LogP contribution in [0.3, 0.4) is 0 Å². The van der Waals surface area contributed by atoms with E-state index < -0.39 is 0 Å². The number of aliphatic imine (C=N–C) groups is 1. The summed E-state index contributed by atoms with van der Waals surface area (Å²) in [4.78, 5) is 4.36. The summed E-state index contributed by atoms with van der Waals surface area (Å²) in [5, 5.41) is 6.10. The SMILES string of the molecule is C#CCNC(=NCCCOc1ccc(F)cc1)NCC. The van der Waals surface area contributed by atoms with E-state index in [-0.39, 0.29) is 5.82 Å². The van der Waals surface area contributed by atoms with Crippen molar-refractivity contribution in [2.24, 2.45) is 4.99 Å². The molecule has 0 atom stereocenters. The molecule has 108 valence electrons. The third-order valence-corrected chi connectivity index (χ3v) is 2.36. The second-order valence-electron chi connectivity index (χ2n) is 3.97. The van der Waals surface area contributed by atoms with E-state index in [1.165, 1.54) is 12.1 Å². The average Bonchev–Trinajstić information content (AvgIpc) is 2.46. The summed E-state index contributed by atoms with van der Waals surface area (Å²) < 4.78 is 18.2. The lowest BCUT2D eigenvalue weighted by atomic mass is 10.3. The zero-order chi connectivity index (χ0) is 14.6. The van der Waals surface area contributed by atoms with Crippen molar-refractivity contribution in [3.8, 4) is 18.1 Å². The lowest BCUT2D eigenvalue weighted by molar-refractivity contribution is 0.313. The van der Waals surface area contributed by atoms with E-state index in [9.17, 15) is 4.39 Å². The van der Waals surface area contributed by atoms with E-state index in [1.807, 2.05) is 6.92 Å². The van der Waals surface area contributed by atoms with Crippen molar-refractivity contribution in [3.63, 3.8) is 0 Å². The van der Waals surface area contributed by atoms with Gasteiger partial charge >= 0.3 is 0 Å². The van der Waals surface area contributed by atoms with Crippen LogP contribution in [0.15, 0.2) is 29.3 Å². The van der Waals surface area contributed by atoms with Crippen molar-refractivity contribution in [3.05, 3.63) is 30.1 Å². The number of halogens is 1. The first kappa shape index (κ1) is 15.8. The highest BCUT2D eigenvalue weighted by molar-refractivity contribution is 5.79. The number of rotatable bonds is 7. The first-order valence-electron chi connectivity index (χ1n) is 6.60. The van der Waals surface area contributed by atoms with Gasteiger partial charge < -0.3 is 15.4 Å². The van der Waals surface area contributed by atoms with Gasteiger partial charge in [-0.2, -0.15) is 0 Å². The fourth-order valence-corrected chi connectivity index (χ4v) is 1.45. The van der Waals surface area contributed by atoms with Crippen LogP contribution in [0.2, 0.25) is 0 Å². The zero-order valence-electron chi connectivity index (χ0n) is 11.7. The van der Waals surface area contributed by atoms with Gasteiger partial charge in [-0.15, -0.1) is 6.42 Å². The first-order valence-corrected chi connectivity index (χ1v) is 6.60. The number of hydrogen-bond acceptors (Lipinski definition) is 2. The highest BCUT2D eigenvalue weighted by atomic mass is 19.1. The van der Waals surface area contributed by atoms with Gasteiger partial charge in [-0.3, -0.25) is 4.99 Å². The number of nitrogens with zero attached hydrogens (tertiary/aromatic N) is 1. The molecule has 0 bridgehead atoms. The quantitative estimate of drug-likeness (QED) is 0.346. The Morgan fingerprint density at radius 2 is 2.10 bits per heavy atom. The molecule has 0 heterocycles. The number of terminal acetylenes is 1. The molecule has 0 amide bonds. The van der Waals surface area contributed by atoms with Gasteiger partial charge in [-0.25, -0.2) is 4.39 Å². The molecule has 0 aliphatic heterocycles. The smallest absolute Gasteiger partial charge is 0.192 e. The number of nitrogens with one attached hydrogen (secondary N) is 2. The molecule has 0 aliphatic rings. The maximum absolute atomic E-state index is 12.7. The highest BCUT2D eigenvalue weighted by Gasteiger charge is 1.96. The molecule has 4 nitrogen and oxygen atoms in total. The van der Waals surface area contributed by atoms with E-state index in [2.05, 4.69) is 21.5 Å². The van der Waals surface area contributed by atoms with Crippen LogP contribution in [0.1, 0.15) is 13.3 Å². The van der Waals surface area contributed by atoms with Crippen molar-refractivity contribution in [2.75, 3.05) is 26.2 Å². The summed E-state index contributed by atoms with van der Waals surface area (Å²) >= 11 is 0. The third kappa shape index (κ3) is 6.64. The molecule has 0 radical (unpaired) electrons. The fourth-order valence-electron chi connectivity index (χ4n) is 1.45. The molecular weight excluding hydrogens is 257 g/mol. The van der Waals surface area contributed by atoms with Crippen LogP contribution in [-0.4, -0.2) is 32.2 Å².